The van der Waals surface area contributed by atoms with Crippen molar-refractivity contribution in [2.75, 3.05) is 51.9 Å². The van der Waals surface area contributed by atoms with E-state index < -0.39 is 0 Å². The van der Waals surface area contributed by atoms with Gasteiger partial charge in [-0.3, -0.25) is 4.90 Å². The van der Waals surface area contributed by atoms with Crippen LogP contribution in [0.1, 0.15) is 69.5 Å². The Kier molecular flexibility index (Phi) is 9.43. The number of hydrogen-bond acceptors (Lipinski definition) is 7. The van der Waals surface area contributed by atoms with Crippen LogP contribution in [-0.4, -0.2) is 67.5 Å². The molecule has 0 unspecified atom stereocenters. The predicted molar refractivity (Wildman–Crippen MR) is 146 cm³/mol. The molecule has 1 aliphatic carbocycles. The highest BCUT2D eigenvalue weighted by Crippen LogP contribution is 2.46. The number of benzene rings is 1. The van der Waals surface area contributed by atoms with Crippen molar-refractivity contribution in [3.05, 3.63) is 28.6 Å². The molecule has 4 rings (SSSR count). The molecule has 0 saturated carbocycles. The molecule has 0 spiro atoms. The molecule has 198 valence electrons. The first-order valence-electron chi connectivity index (χ1n) is 14.0. The molecule has 1 aromatic carbocycles. The molecule has 7 nitrogen and oxygen atoms in total. The number of ether oxygens (including phenoxy) is 3. The summed E-state index contributed by atoms with van der Waals surface area (Å²) in [5, 5.41) is 3.65. The number of rotatable bonds is 12. The number of methoxy groups -OCH3 is 1. The molecule has 0 radical (unpaired) electrons. The van der Waals surface area contributed by atoms with Crippen molar-refractivity contribution in [3.8, 4) is 22.8 Å². The summed E-state index contributed by atoms with van der Waals surface area (Å²) in [6, 6.07) is 2.60. The zero-order chi connectivity index (χ0) is 25.5. The lowest BCUT2D eigenvalue weighted by molar-refractivity contribution is 0.0322. The van der Waals surface area contributed by atoms with E-state index in [9.17, 15) is 0 Å². The van der Waals surface area contributed by atoms with E-state index in [1.54, 1.807) is 7.11 Å². The van der Waals surface area contributed by atoms with Crippen LogP contribution in [0.4, 0.5) is 5.82 Å². The largest absolute Gasteiger partial charge is 0.496 e. The van der Waals surface area contributed by atoms with Gasteiger partial charge in [0.1, 0.15) is 23.9 Å². The van der Waals surface area contributed by atoms with Gasteiger partial charge in [-0.1, -0.05) is 27.7 Å². The smallest absolute Gasteiger partial charge is 0.148 e. The van der Waals surface area contributed by atoms with Gasteiger partial charge in [-0.25, -0.2) is 9.97 Å². The predicted octanol–water partition coefficient (Wildman–Crippen LogP) is 5.08. The van der Waals surface area contributed by atoms with Crippen molar-refractivity contribution in [1.29, 1.82) is 0 Å². The van der Waals surface area contributed by atoms with Crippen LogP contribution >= 0.6 is 0 Å². The van der Waals surface area contributed by atoms with Crippen LogP contribution in [-0.2, 0) is 30.4 Å². The van der Waals surface area contributed by atoms with Crippen molar-refractivity contribution < 1.29 is 14.2 Å². The fourth-order valence-electron chi connectivity index (χ4n) is 5.32. The van der Waals surface area contributed by atoms with E-state index in [1.807, 2.05) is 0 Å². The van der Waals surface area contributed by atoms with Gasteiger partial charge in [0.25, 0.3) is 0 Å². The summed E-state index contributed by atoms with van der Waals surface area (Å²) in [6.45, 7) is 13.8. The average Bonchev–Trinajstić information content (AvgIpc) is 3.40. The van der Waals surface area contributed by atoms with E-state index >= 15 is 0 Å². The second-order valence-corrected chi connectivity index (χ2v) is 9.76. The molecule has 2 aliphatic rings. The first-order chi connectivity index (χ1) is 17.6. The number of nitrogens with zero attached hydrogens (tertiary/aromatic N) is 3. The lowest BCUT2D eigenvalue weighted by atomic mass is 9.98. The molecule has 0 amide bonds. The highest BCUT2D eigenvalue weighted by Gasteiger charge is 2.28. The summed E-state index contributed by atoms with van der Waals surface area (Å²) < 4.78 is 18.1. The molecule has 1 aliphatic heterocycles. The van der Waals surface area contributed by atoms with Gasteiger partial charge in [-0.05, 0) is 62.1 Å². The fraction of sp³-hybridized carbons (Fsp3) is 0.655. The molecule has 36 heavy (non-hydrogen) atoms. The Morgan fingerprint density at radius 2 is 1.78 bits per heavy atom. The van der Waals surface area contributed by atoms with Gasteiger partial charge in [0.05, 0.1) is 43.0 Å². The van der Waals surface area contributed by atoms with Crippen molar-refractivity contribution in [2.24, 2.45) is 0 Å². The molecule has 7 heteroatoms. The van der Waals surface area contributed by atoms with Crippen molar-refractivity contribution in [3.63, 3.8) is 0 Å². The molecular formula is C29H44N4O3. The van der Waals surface area contributed by atoms with Crippen LogP contribution in [0.2, 0.25) is 0 Å². The lowest BCUT2D eigenvalue weighted by Crippen LogP contribution is -2.38. The van der Waals surface area contributed by atoms with E-state index in [1.165, 1.54) is 11.1 Å². The maximum Gasteiger partial charge on any atom is 0.148 e. The standard InChI is InChI=1S/C29H44N4O3/c1-6-21(7-2)30-29-24(9-4)31-27(23(8-3)32-29)26-25(34-5)19-20-11-10-12-22(20)28(26)36-18-15-33-13-16-35-17-14-33/h19,21H,6-18H2,1-5H3,(H,30,32). The number of aromatic nitrogens is 2. The number of morpholine rings is 1. The molecule has 1 fully saturated rings. The third-order valence-electron chi connectivity index (χ3n) is 7.56. The van der Waals surface area contributed by atoms with Crippen LogP contribution in [0.5, 0.6) is 11.5 Å². The van der Waals surface area contributed by atoms with Gasteiger partial charge in [0.15, 0.2) is 0 Å². The molecule has 1 N–H and O–H groups in total. The third kappa shape index (κ3) is 5.78. The van der Waals surface area contributed by atoms with Crippen LogP contribution < -0.4 is 14.8 Å². The van der Waals surface area contributed by atoms with Crippen LogP contribution in [0, 0.1) is 0 Å². The maximum atomic E-state index is 6.64. The van der Waals surface area contributed by atoms with Crippen molar-refractivity contribution >= 4 is 5.82 Å². The van der Waals surface area contributed by atoms with Crippen molar-refractivity contribution in [1.82, 2.24) is 14.9 Å². The Hall–Kier alpha value is -2.38. The molecule has 2 heterocycles. The Bertz CT molecular complexity index is 1020. The summed E-state index contributed by atoms with van der Waals surface area (Å²) >= 11 is 0. The monoisotopic (exact) mass is 496 g/mol. The van der Waals surface area contributed by atoms with Crippen LogP contribution in [0.25, 0.3) is 11.3 Å². The van der Waals surface area contributed by atoms with Gasteiger partial charge in [0.2, 0.25) is 0 Å². The van der Waals surface area contributed by atoms with Crippen LogP contribution in [0.3, 0.4) is 0 Å². The quantitative estimate of drug-likeness (QED) is 0.440. The van der Waals surface area contributed by atoms with Gasteiger partial charge in [-0.15, -0.1) is 0 Å². The molecule has 0 atom stereocenters. The van der Waals surface area contributed by atoms with E-state index in [0.29, 0.717) is 12.6 Å². The summed E-state index contributed by atoms with van der Waals surface area (Å²) in [5.41, 5.74) is 6.50. The number of aryl methyl sites for hydroxylation is 3. The third-order valence-corrected chi connectivity index (χ3v) is 7.56. The minimum atomic E-state index is 0.397. The molecule has 2 aromatic rings. The first-order valence-corrected chi connectivity index (χ1v) is 14.0. The van der Waals surface area contributed by atoms with Gasteiger partial charge < -0.3 is 19.5 Å². The highest BCUT2D eigenvalue weighted by atomic mass is 16.5. The van der Waals surface area contributed by atoms with E-state index in [2.05, 4.69) is 44.0 Å². The minimum Gasteiger partial charge on any atom is -0.496 e. The first kappa shape index (κ1) is 26.7. The van der Waals surface area contributed by atoms with Gasteiger partial charge >= 0.3 is 0 Å². The molecule has 1 aromatic heterocycles. The average molecular weight is 497 g/mol. The molecule has 0 bridgehead atoms. The minimum absolute atomic E-state index is 0.397. The SMILES string of the molecule is CCc1nc(-c2c(OC)cc3c(c2OCCN2CCOCC2)CCC3)c(CC)nc1NC(CC)CC. The summed E-state index contributed by atoms with van der Waals surface area (Å²) in [6.07, 6.45) is 6.96. The van der Waals surface area contributed by atoms with E-state index in [4.69, 9.17) is 24.2 Å². The topological polar surface area (TPSA) is 68.7 Å². The van der Waals surface area contributed by atoms with Gasteiger partial charge in [-0.2, -0.15) is 0 Å². The number of fused-ring (bicyclic) bond motifs is 1. The summed E-state index contributed by atoms with van der Waals surface area (Å²) in [7, 11) is 1.75. The molecular weight excluding hydrogens is 452 g/mol. The number of anilines is 1. The lowest BCUT2D eigenvalue weighted by Gasteiger charge is -2.27. The summed E-state index contributed by atoms with van der Waals surface area (Å²) in [5.74, 6) is 2.70. The Balaban J connectivity index is 1.76. The van der Waals surface area contributed by atoms with Crippen LogP contribution in [0.15, 0.2) is 6.07 Å². The second-order valence-electron chi connectivity index (χ2n) is 9.76. The number of nitrogens with one attached hydrogen (secondary N) is 1. The normalized spacial score (nSPS) is 15.8. The Labute approximate surface area is 217 Å². The zero-order valence-corrected chi connectivity index (χ0v) is 22.9. The zero-order valence-electron chi connectivity index (χ0n) is 22.9. The van der Waals surface area contributed by atoms with Crippen molar-refractivity contribution in [2.45, 2.75) is 78.7 Å². The molecule has 1 saturated heterocycles. The second kappa shape index (κ2) is 12.7. The summed E-state index contributed by atoms with van der Waals surface area (Å²) in [4.78, 5) is 12.8. The fourth-order valence-corrected chi connectivity index (χ4v) is 5.32. The van der Waals surface area contributed by atoms with E-state index in [-0.39, 0.29) is 0 Å². The van der Waals surface area contributed by atoms with Gasteiger partial charge in [0, 0.05) is 25.7 Å². The Morgan fingerprint density at radius 3 is 2.44 bits per heavy atom. The Morgan fingerprint density at radius 1 is 1.03 bits per heavy atom. The number of hydrogen-bond donors (Lipinski definition) is 1. The highest BCUT2D eigenvalue weighted by molar-refractivity contribution is 5.79. The maximum absolute atomic E-state index is 6.64. The van der Waals surface area contributed by atoms with E-state index in [0.717, 1.165) is 118 Å².